The maximum absolute atomic E-state index is 12.5. The fraction of sp³-hybridized carbons (Fsp3) is 0.500. The summed E-state index contributed by atoms with van der Waals surface area (Å²) >= 11 is 0. The van der Waals surface area contributed by atoms with Gasteiger partial charge in [-0.2, -0.15) is 15.4 Å². The van der Waals surface area contributed by atoms with Gasteiger partial charge in [-0.05, 0) is 38.3 Å². The maximum atomic E-state index is 12.5. The molecule has 2 aromatic rings. The van der Waals surface area contributed by atoms with Crippen LogP contribution in [0.2, 0.25) is 0 Å². The Morgan fingerprint density at radius 1 is 1.33 bits per heavy atom. The molecule has 1 aromatic carbocycles. The van der Waals surface area contributed by atoms with Crippen molar-refractivity contribution in [1.29, 1.82) is 0 Å². The highest BCUT2D eigenvalue weighted by molar-refractivity contribution is 5.79. The van der Waals surface area contributed by atoms with Crippen LogP contribution in [0.1, 0.15) is 37.2 Å². The van der Waals surface area contributed by atoms with Gasteiger partial charge >= 0.3 is 0 Å². The molecular weight excluding hydrogens is 302 g/mol. The van der Waals surface area contributed by atoms with Gasteiger partial charge in [0, 0.05) is 37.7 Å². The van der Waals surface area contributed by atoms with Crippen LogP contribution in [0.3, 0.4) is 0 Å². The Morgan fingerprint density at radius 2 is 2.08 bits per heavy atom. The first-order valence-corrected chi connectivity index (χ1v) is 8.53. The van der Waals surface area contributed by atoms with E-state index in [0.717, 1.165) is 35.5 Å². The van der Waals surface area contributed by atoms with Crippen molar-refractivity contribution >= 4 is 11.6 Å². The molecule has 0 radical (unpaired) electrons. The molecule has 1 heterocycles. The summed E-state index contributed by atoms with van der Waals surface area (Å²) in [5.74, 6) is 0.0863. The second-order valence-electron chi connectivity index (χ2n) is 6.71. The van der Waals surface area contributed by atoms with Crippen LogP contribution >= 0.6 is 0 Å². The van der Waals surface area contributed by atoms with Gasteiger partial charge in [0.15, 0.2) is 0 Å². The van der Waals surface area contributed by atoms with Crippen LogP contribution in [0.25, 0.3) is 0 Å². The Balaban J connectivity index is 1.63. The number of aromatic amines is 1. The number of amides is 1. The van der Waals surface area contributed by atoms with E-state index in [2.05, 4.69) is 58.7 Å². The second kappa shape index (κ2) is 7.03. The van der Waals surface area contributed by atoms with Crippen molar-refractivity contribution in [3.8, 4) is 0 Å². The average Bonchev–Trinajstić information content (AvgIpc) is 3.06. The molecule has 3 rings (SSSR count). The summed E-state index contributed by atoms with van der Waals surface area (Å²) in [4.78, 5) is 14.8. The first-order valence-electron chi connectivity index (χ1n) is 8.53. The van der Waals surface area contributed by atoms with E-state index < -0.39 is 0 Å². The van der Waals surface area contributed by atoms with Crippen molar-refractivity contribution in [2.75, 3.05) is 11.9 Å². The van der Waals surface area contributed by atoms with Gasteiger partial charge in [0.25, 0.3) is 0 Å². The van der Waals surface area contributed by atoms with Gasteiger partial charge in [-0.1, -0.05) is 18.2 Å². The van der Waals surface area contributed by atoms with E-state index in [1.165, 1.54) is 0 Å². The van der Waals surface area contributed by atoms with Gasteiger partial charge in [-0.25, -0.2) is 0 Å². The number of aryl methyl sites for hydroxylation is 1. The van der Waals surface area contributed by atoms with E-state index in [1.54, 1.807) is 0 Å². The van der Waals surface area contributed by atoms with Gasteiger partial charge in [0.05, 0.1) is 11.4 Å². The van der Waals surface area contributed by atoms with Crippen molar-refractivity contribution in [3.63, 3.8) is 0 Å². The number of hydrogen-bond donors (Lipinski definition) is 2. The zero-order chi connectivity index (χ0) is 17.1. The van der Waals surface area contributed by atoms with Crippen LogP contribution in [-0.2, 0) is 24.2 Å². The predicted molar refractivity (Wildman–Crippen MR) is 93.7 cm³/mol. The van der Waals surface area contributed by atoms with Crippen molar-refractivity contribution in [1.82, 2.24) is 20.7 Å². The number of aromatic nitrogens is 3. The van der Waals surface area contributed by atoms with Gasteiger partial charge < -0.3 is 10.2 Å². The van der Waals surface area contributed by atoms with Crippen LogP contribution < -0.4 is 10.2 Å². The van der Waals surface area contributed by atoms with E-state index >= 15 is 0 Å². The molecule has 0 saturated carbocycles. The molecule has 2 N–H and O–H groups in total. The van der Waals surface area contributed by atoms with Crippen LogP contribution in [0, 0.1) is 5.92 Å². The number of H-pyrrole nitrogens is 1. The molecule has 24 heavy (non-hydrogen) atoms. The second-order valence-corrected chi connectivity index (χ2v) is 6.71. The van der Waals surface area contributed by atoms with Crippen LogP contribution in [0.15, 0.2) is 24.3 Å². The summed E-state index contributed by atoms with van der Waals surface area (Å²) in [6, 6.07) is 8.63. The van der Waals surface area contributed by atoms with E-state index in [9.17, 15) is 4.79 Å². The molecule has 1 aliphatic carbocycles. The molecule has 6 nitrogen and oxygen atoms in total. The number of benzene rings is 1. The Morgan fingerprint density at radius 3 is 2.88 bits per heavy atom. The predicted octanol–water partition coefficient (Wildman–Crippen LogP) is 2.07. The summed E-state index contributed by atoms with van der Waals surface area (Å²) in [7, 11) is 2.08. The van der Waals surface area contributed by atoms with Crippen molar-refractivity contribution < 1.29 is 4.79 Å². The molecule has 1 unspecified atom stereocenters. The lowest BCUT2D eigenvalue weighted by Crippen LogP contribution is -2.34. The lowest BCUT2D eigenvalue weighted by Gasteiger charge is -2.27. The SMILES string of the molecule is CC(C)N(C)c1ccccc1CNC(=O)C1CCc2n[nH]nc2C1. The molecule has 0 fully saturated rings. The number of nitrogens with zero attached hydrogens (tertiary/aromatic N) is 3. The van der Waals surface area contributed by atoms with E-state index in [0.29, 0.717) is 19.0 Å². The molecule has 1 aromatic heterocycles. The minimum atomic E-state index is -0.0161. The Kier molecular flexibility index (Phi) is 4.83. The Hall–Kier alpha value is -2.37. The summed E-state index contributed by atoms with van der Waals surface area (Å²) < 4.78 is 0. The quantitative estimate of drug-likeness (QED) is 0.882. The largest absolute Gasteiger partial charge is 0.372 e. The molecule has 6 heteroatoms. The van der Waals surface area contributed by atoms with Gasteiger partial charge in [0.2, 0.25) is 5.91 Å². The normalized spacial score (nSPS) is 16.8. The minimum absolute atomic E-state index is 0.0161. The molecule has 0 aliphatic heterocycles. The smallest absolute Gasteiger partial charge is 0.223 e. The van der Waals surface area contributed by atoms with Crippen molar-refractivity contribution in [2.24, 2.45) is 5.92 Å². The number of carbonyl (C=O) groups is 1. The Labute approximate surface area is 142 Å². The average molecular weight is 327 g/mol. The number of anilines is 1. The highest BCUT2D eigenvalue weighted by Crippen LogP contribution is 2.24. The van der Waals surface area contributed by atoms with Crippen LogP contribution in [0.4, 0.5) is 5.69 Å². The summed E-state index contributed by atoms with van der Waals surface area (Å²) in [5, 5.41) is 14.0. The molecule has 0 saturated heterocycles. The zero-order valence-electron chi connectivity index (χ0n) is 14.5. The third-order valence-electron chi connectivity index (χ3n) is 4.84. The van der Waals surface area contributed by atoms with E-state index in [1.807, 2.05) is 12.1 Å². The number of nitrogens with one attached hydrogen (secondary N) is 2. The molecular formula is C18H25N5O. The molecule has 0 spiro atoms. The first kappa shape index (κ1) is 16.5. The van der Waals surface area contributed by atoms with Gasteiger partial charge in [-0.15, -0.1) is 0 Å². The third kappa shape index (κ3) is 3.42. The Bertz CT molecular complexity index is 709. The summed E-state index contributed by atoms with van der Waals surface area (Å²) in [5.41, 5.74) is 4.24. The van der Waals surface area contributed by atoms with E-state index in [4.69, 9.17) is 0 Å². The number of para-hydroxylation sites is 1. The van der Waals surface area contributed by atoms with Crippen molar-refractivity contribution in [2.45, 2.75) is 45.7 Å². The maximum Gasteiger partial charge on any atom is 0.223 e. The highest BCUT2D eigenvalue weighted by Gasteiger charge is 2.27. The van der Waals surface area contributed by atoms with Gasteiger partial charge in [0.1, 0.15) is 0 Å². The lowest BCUT2D eigenvalue weighted by atomic mass is 9.89. The summed E-state index contributed by atoms with van der Waals surface area (Å²) in [6.07, 6.45) is 2.32. The number of rotatable bonds is 5. The monoisotopic (exact) mass is 327 g/mol. The van der Waals surface area contributed by atoms with E-state index in [-0.39, 0.29) is 11.8 Å². The molecule has 1 atom stereocenters. The number of hydrogen-bond acceptors (Lipinski definition) is 4. The number of carbonyl (C=O) groups excluding carboxylic acids is 1. The molecule has 1 amide bonds. The first-order chi connectivity index (χ1) is 11.6. The highest BCUT2D eigenvalue weighted by atomic mass is 16.1. The number of fused-ring (bicyclic) bond motifs is 1. The molecule has 0 bridgehead atoms. The van der Waals surface area contributed by atoms with Crippen LogP contribution in [0.5, 0.6) is 0 Å². The fourth-order valence-electron chi connectivity index (χ4n) is 3.12. The topological polar surface area (TPSA) is 73.9 Å². The third-order valence-corrected chi connectivity index (χ3v) is 4.84. The van der Waals surface area contributed by atoms with Crippen LogP contribution in [-0.4, -0.2) is 34.4 Å². The van der Waals surface area contributed by atoms with Crippen molar-refractivity contribution in [3.05, 3.63) is 41.2 Å². The lowest BCUT2D eigenvalue weighted by molar-refractivity contribution is -0.125. The standard InChI is InChI=1S/C18H25N5O/c1-12(2)23(3)17-7-5-4-6-14(17)11-19-18(24)13-8-9-15-16(10-13)21-22-20-15/h4-7,12-13H,8-11H2,1-3H3,(H,19,24)(H,20,21,22). The molecule has 128 valence electrons. The van der Waals surface area contributed by atoms with Gasteiger partial charge in [-0.3, -0.25) is 4.79 Å². The summed E-state index contributed by atoms with van der Waals surface area (Å²) in [6.45, 7) is 4.87. The fourth-order valence-corrected chi connectivity index (χ4v) is 3.12. The molecule has 1 aliphatic rings. The minimum Gasteiger partial charge on any atom is -0.372 e. The zero-order valence-corrected chi connectivity index (χ0v) is 14.5.